The number of aliphatic hydroxyl groups is 1. The molecule has 0 radical (unpaired) electrons. The molecule has 5 heteroatoms. The van der Waals surface area contributed by atoms with Gasteiger partial charge in [0.15, 0.2) is 0 Å². The van der Waals surface area contributed by atoms with E-state index in [1.54, 1.807) is 11.8 Å². The quantitative estimate of drug-likeness (QED) is 0.907. The van der Waals surface area contributed by atoms with Crippen molar-refractivity contribution >= 4 is 5.91 Å². The van der Waals surface area contributed by atoms with E-state index in [-0.39, 0.29) is 17.8 Å². The molecule has 0 aromatic heterocycles. The molecule has 1 heterocycles. The lowest BCUT2D eigenvalue weighted by Gasteiger charge is -2.27. The zero-order valence-electron chi connectivity index (χ0n) is 12.1. The first-order chi connectivity index (χ1) is 9.38. The van der Waals surface area contributed by atoms with E-state index in [0.29, 0.717) is 30.6 Å². The van der Waals surface area contributed by atoms with Crippen molar-refractivity contribution in [3.05, 3.63) is 35.1 Å². The first-order valence-electron chi connectivity index (χ1n) is 6.78. The molecule has 1 aliphatic heterocycles. The fourth-order valence-electron chi connectivity index (χ4n) is 2.76. The number of amides is 1. The third-order valence-electron chi connectivity index (χ3n) is 3.65. The standard InChI is InChI=1S/C15H21FN2O2/c1-10-6-11(16)4-5-14(10)15(20)18-9-13(19)7-12(18)8-17(2)3/h4-6,12-13,19H,7-9H2,1-3H3. The topological polar surface area (TPSA) is 43.8 Å². The highest BCUT2D eigenvalue weighted by Crippen LogP contribution is 2.22. The van der Waals surface area contributed by atoms with Gasteiger partial charge < -0.3 is 14.9 Å². The van der Waals surface area contributed by atoms with Crippen LogP contribution in [-0.2, 0) is 0 Å². The average Bonchev–Trinajstić information content (AvgIpc) is 2.68. The van der Waals surface area contributed by atoms with Crippen molar-refractivity contribution in [2.75, 3.05) is 27.2 Å². The highest BCUT2D eigenvalue weighted by atomic mass is 19.1. The summed E-state index contributed by atoms with van der Waals surface area (Å²) >= 11 is 0. The molecule has 1 aromatic carbocycles. The molecule has 1 fully saturated rings. The van der Waals surface area contributed by atoms with Gasteiger partial charge in [0, 0.05) is 24.7 Å². The largest absolute Gasteiger partial charge is 0.391 e. The molecular weight excluding hydrogens is 259 g/mol. The summed E-state index contributed by atoms with van der Waals surface area (Å²) in [6, 6.07) is 4.18. The molecular formula is C15H21FN2O2. The third kappa shape index (κ3) is 3.16. The number of carbonyl (C=O) groups excluding carboxylic acids is 1. The maximum atomic E-state index is 13.1. The zero-order chi connectivity index (χ0) is 14.9. The van der Waals surface area contributed by atoms with E-state index in [4.69, 9.17) is 0 Å². The molecule has 1 saturated heterocycles. The Morgan fingerprint density at radius 1 is 1.50 bits per heavy atom. The summed E-state index contributed by atoms with van der Waals surface area (Å²) in [5.41, 5.74) is 1.13. The van der Waals surface area contributed by atoms with Crippen molar-refractivity contribution in [1.29, 1.82) is 0 Å². The van der Waals surface area contributed by atoms with E-state index in [1.165, 1.54) is 18.2 Å². The number of carbonyl (C=O) groups is 1. The number of nitrogens with zero attached hydrogens (tertiary/aromatic N) is 2. The van der Waals surface area contributed by atoms with Gasteiger partial charge in [-0.15, -0.1) is 0 Å². The van der Waals surface area contributed by atoms with Gasteiger partial charge in [-0.3, -0.25) is 4.79 Å². The van der Waals surface area contributed by atoms with Gasteiger partial charge in [-0.1, -0.05) is 0 Å². The summed E-state index contributed by atoms with van der Waals surface area (Å²) in [6.45, 7) is 2.78. The number of hydrogen-bond acceptors (Lipinski definition) is 3. The predicted octanol–water partition coefficient (Wildman–Crippen LogP) is 1.27. The van der Waals surface area contributed by atoms with Gasteiger partial charge in [-0.05, 0) is 51.2 Å². The Morgan fingerprint density at radius 3 is 2.80 bits per heavy atom. The molecule has 1 amide bonds. The molecule has 2 atom stereocenters. The molecule has 0 aliphatic carbocycles. The van der Waals surface area contributed by atoms with Crippen LogP contribution in [0.4, 0.5) is 4.39 Å². The summed E-state index contributed by atoms with van der Waals surface area (Å²) in [5, 5.41) is 9.82. The Morgan fingerprint density at radius 2 is 2.20 bits per heavy atom. The molecule has 20 heavy (non-hydrogen) atoms. The highest BCUT2D eigenvalue weighted by Gasteiger charge is 2.35. The Labute approximate surface area is 118 Å². The monoisotopic (exact) mass is 280 g/mol. The molecule has 1 aromatic rings. The van der Waals surface area contributed by atoms with Crippen molar-refractivity contribution in [3.63, 3.8) is 0 Å². The lowest BCUT2D eigenvalue weighted by Crippen LogP contribution is -2.41. The van der Waals surface area contributed by atoms with E-state index in [0.717, 1.165) is 0 Å². The Hall–Kier alpha value is -1.46. The number of benzene rings is 1. The van der Waals surface area contributed by atoms with Crippen LogP contribution in [0.2, 0.25) is 0 Å². The summed E-state index contributed by atoms with van der Waals surface area (Å²) in [7, 11) is 3.88. The van der Waals surface area contributed by atoms with E-state index < -0.39 is 6.10 Å². The minimum Gasteiger partial charge on any atom is -0.391 e. The number of β-amino-alcohol motifs (C(OH)–C–C–N with tert-alkyl or cyclic N) is 1. The van der Waals surface area contributed by atoms with Gasteiger partial charge in [-0.2, -0.15) is 0 Å². The maximum Gasteiger partial charge on any atom is 0.254 e. The summed E-state index contributed by atoms with van der Waals surface area (Å²) in [5.74, 6) is -0.476. The summed E-state index contributed by atoms with van der Waals surface area (Å²) in [4.78, 5) is 16.3. The molecule has 0 spiro atoms. The SMILES string of the molecule is Cc1cc(F)ccc1C(=O)N1CC(O)CC1CN(C)C. The van der Waals surface area contributed by atoms with E-state index >= 15 is 0 Å². The number of likely N-dealkylation sites (N-methyl/N-ethyl adjacent to an activating group) is 1. The van der Waals surface area contributed by atoms with Crippen LogP contribution in [0.1, 0.15) is 22.3 Å². The van der Waals surface area contributed by atoms with Crippen LogP contribution >= 0.6 is 0 Å². The first-order valence-corrected chi connectivity index (χ1v) is 6.78. The van der Waals surface area contributed by atoms with Crippen molar-refractivity contribution in [2.24, 2.45) is 0 Å². The number of likely N-dealkylation sites (tertiary alicyclic amines) is 1. The van der Waals surface area contributed by atoms with Crippen LogP contribution in [0.15, 0.2) is 18.2 Å². The fourth-order valence-corrected chi connectivity index (χ4v) is 2.76. The van der Waals surface area contributed by atoms with Crippen molar-refractivity contribution in [3.8, 4) is 0 Å². The zero-order valence-corrected chi connectivity index (χ0v) is 12.1. The lowest BCUT2D eigenvalue weighted by atomic mass is 10.1. The molecule has 1 aliphatic rings. The van der Waals surface area contributed by atoms with E-state index in [1.807, 2.05) is 19.0 Å². The highest BCUT2D eigenvalue weighted by molar-refractivity contribution is 5.96. The first kappa shape index (κ1) is 14.9. The minimum atomic E-state index is -0.482. The van der Waals surface area contributed by atoms with Gasteiger partial charge in [-0.25, -0.2) is 4.39 Å². The minimum absolute atomic E-state index is 0.00282. The van der Waals surface area contributed by atoms with Crippen LogP contribution in [0.5, 0.6) is 0 Å². The number of aryl methyl sites for hydroxylation is 1. The van der Waals surface area contributed by atoms with Crippen molar-refractivity contribution in [2.45, 2.75) is 25.5 Å². The second-order valence-electron chi connectivity index (χ2n) is 5.72. The maximum absolute atomic E-state index is 13.1. The van der Waals surface area contributed by atoms with Crippen LogP contribution in [-0.4, -0.2) is 60.1 Å². The van der Waals surface area contributed by atoms with Gasteiger partial charge >= 0.3 is 0 Å². The second kappa shape index (κ2) is 5.89. The van der Waals surface area contributed by atoms with E-state index in [9.17, 15) is 14.3 Å². The van der Waals surface area contributed by atoms with Crippen molar-refractivity contribution < 1.29 is 14.3 Å². The molecule has 1 N–H and O–H groups in total. The summed E-state index contributed by atoms with van der Waals surface area (Å²) in [6.07, 6.45) is 0.106. The number of hydrogen-bond donors (Lipinski definition) is 1. The predicted molar refractivity (Wildman–Crippen MR) is 75.1 cm³/mol. The van der Waals surface area contributed by atoms with Gasteiger partial charge in [0.2, 0.25) is 0 Å². The van der Waals surface area contributed by atoms with Crippen LogP contribution in [0.3, 0.4) is 0 Å². The Kier molecular flexibility index (Phi) is 4.40. The van der Waals surface area contributed by atoms with Crippen LogP contribution in [0, 0.1) is 12.7 Å². The van der Waals surface area contributed by atoms with Gasteiger partial charge in [0.1, 0.15) is 5.82 Å². The number of aliphatic hydroxyl groups excluding tert-OH is 1. The molecule has 2 unspecified atom stereocenters. The number of rotatable bonds is 3. The molecule has 110 valence electrons. The van der Waals surface area contributed by atoms with Crippen LogP contribution in [0.25, 0.3) is 0 Å². The second-order valence-corrected chi connectivity index (χ2v) is 5.72. The lowest BCUT2D eigenvalue weighted by molar-refractivity contribution is 0.0698. The van der Waals surface area contributed by atoms with E-state index in [2.05, 4.69) is 0 Å². The Bertz CT molecular complexity index is 505. The smallest absolute Gasteiger partial charge is 0.254 e. The molecule has 2 rings (SSSR count). The van der Waals surface area contributed by atoms with Crippen molar-refractivity contribution in [1.82, 2.24) is 9.80 Å². The van der Waals surface area contributed by atoms with Gasteiger partial charge in [0.25, 0.3) is 5.91 Å². The van der Waals surface area contributed by atoms with Gasteiger partial charge in [0.05, 0.1) is 6.10 Å². The molecule has 0 bridgehead atoms. The fraction of sp³-hybridized carbons (Fsp3) is 0.533. The van der Waals surface area contributed by atoms with Crippen LogP contribution < -0.4 is 0 Å². The normalized spacial score (nSPS) is 22.6. The molecule has 0 saturated carbocycles. The summed E-state index contributed by atoms with van der Waals surface area (Å²) < 4.78 is 13.1. The molecule has 4 nitrogen and oxygen atoms in total. The average molecular weight is 280 g/mol. The Balaban J connectivity index is 2.22. The number of halogens is 1. The third-order valence-corrected chi connectivity index (χ3v) is 3.65.